The number of nitrogens with two attached hydrogens (primary N) is 1. The van der Waals surface area contributed by atoms with Crippen LogP contribution in [-0.2, 0) is 14.3 Å². The lowest BCUT2D eigenvalue weighted by Gasteiger charge is -2.30. The van der Waals surface area contributed by atoms with E-state index in [2.05, 4.69) is 17.2 Å². The van der Waals surface area contributed by atoms with Crippen LogP contribution < -0.4 is 21.1 Å². The number of ether oxygens (including phenoxy) is 2. The van der Waals surface area contributed by atoms with Gasteiger partial charge in [0.05, 0.1) is 12.2 Å². The monoisotopic (exact) mass is 460 g/mol. The van der Waals surface area contributed by atoms with Crippen molar-refractivity contribution in [2.45, 2.75) is 71.5 Å². The molecule has 8 nitrogen and oxygen atoms in total. The summed E-state index contributed by atoms with van der Waals surface area (Å²) in [4.78, 5) is 23.5. The van der Waals surface area contributed by atoms with Crippen LogP contribution >= 0.6 is 0 Å². The van der Waals surface area contributed by atoms with Crippen molar-refractivity contribution in [3.63, 3.8) is 0 Å². The van der Waals surface area contributed by atoms with Crippen molar-refractivity contribution in [3.8, 4) is 5.75 Å². The molecule has 0 spiro atoms. The average molecular weight is 461 g/mol. The molecule has 5 N–H and O–H groups in total. The second kappa shape index (κ2) is 13.0. The molecular weight excluding hydrogens is 420 g/mol. The third-order valence-corrected chi connectivity index (χ3v) is 5.06. The molecule has 1 aromatic carbocycles. The predicted molar refractivity (Wildman–Crippen MR) is 131 cm³/mol. The molecule has 0 aliphatic carbocycles. The number of amidine groups is 1. The van der Waals surface area contributed by atoms with Crippen molar-refractivity contribution >= 4 is 17.6 Å². The molecule has 184 valence electrons. The molecule has 0 saturated heterocycles. The van der Waals surface area contributed by atoms with Crippen LogP contribution in [0.1, 0.15) is 65.9 Å². The highest BCUT2D eigenvalue weighted by molar-refractivity contribution is 5.95. The number of benzene rings is 1. The Morgan fingerprint density at radius 1 is 1.03 bits per heavy atom. The number of carbonyl (C=O) groups is 2. The van der Waals surface area contributed by atoms with Crippen molar-refractivity contribution in [2.24, 2.45) is 5.73 Å². The van der Waals surface area contributed by atoms with Gasteiger partial charge in [0.15, 0.2) is 0 Å². The van der Waals surface area contributed by atoms with E-state index < -0.39 is 11.2 Å². The number of carbonyl (C=O) groups excluding carboxylic acids is 2. The van der Waals surface area contributed by atoms with Crippen molar-refractivity contribution in [1.82, 2.24) is 10.6 Å². The fourth-order valence-corrected chi connectivity index (χ4v) is 2.89. The van der Waals surface area contributed by atoms with E-state index in [-0.39, 0.29) is 17.6 Å². The molecule has 0 atom stereocenters. The summed E-state index contributed by atoms with van der Waals surface area (Å²) in [5.41, 5.74) is 5.73. The summed E-state index contributed by atoms with van der Waals surface area (Å²) >= 11 is 0. The van der Waals surface area contributed by atoms with Crippen LogP contribution in [0.5, 0.6) is 5.75 Å². The first-order chi connectivity index (χ1) is 15.3. The Labute approximate surface area is 197 Å². The SMILES string of the molecule is C=C(C)C(=O)NCCCNC(=O)CCC(C)(C)OCCC(C)(C)Oc1ccc(C(=N)N)cc1. The molecule has 0 unspecified atom stereocenters. The highest BCUT2D eigenvalue weighted by atomic mass is 16.5. The van der Waals surface area contributed by atoms with Gasteiger partial charge in [-0.2, -0.15) is 0 Å². The number of nitrogens with one attached hydrogen (secondary N) is 3. The maximum Gasteiger partial charge on any atom is 0.246 e. The number of hydrogen-bond acceptors (Lipinski definition) is 5. The minimum absolute atomic E-state index is 0.0252. The van der Waals surface area contributed by atoms with Gasteiger partial charge in [0, 0.05) is 37.1 Å². The summed E-state index contributed by atoms with van der Waals surface area (Å²) < 4.78 is 12.1. The predicted octanol–water partition coefficient (Wildman–Crippen LogP) is 3.29. The molecule has 8 heteroatoms. The molecule has 1 rings (SSSR count). The van der Waals surface area contributed by atoms with E-state index >= 15 is 0 Å². The zero-order valence-electron chi connectivity index (χ0n) is 20.7. The second-order valence-corrected chi connectivity index (χ2v) is 9.40. The van der Waals surface area contributed by atoms with Gasteiger partial charge >= 0.3 is 0 Å². The van der Waals surface area contributed by atoms with Gasteiger partial charge in [-0.3, -0.25) is 15.0 Å². The van der Waals surface area contributed by atoms with E-state index in [1.807, 2.05) is 27.7 Å². The third-order valence-electron chi connectivity index (χ3n) is 5.06. The zero-order chi connectivity index (χ0) is 25.1. The molecule has 0 aliphatic rings. The smallest absolute Gasteiger partial charge is 0.246 e. The van der Waals surface area contributed by atoms with E-state index in [1.54, 1.807) is 31.2 Å². The van der Waals surface area contributed by atoms with Gasteiger partial charge in [-0.25, -0.2) is 0 Å². The van der Waals surface area contributed by atoms with Gasteiger partial charge in [-0.15, -0.1) is 0 Å². The maximum absolute atomic E-state index is 12.1. The van der Waals surface area contributed by atoms with E-state index in [4.69, 9.17) is 20.6 Å². The summed E-state index contributed by atoms with van der Waals surface area (Å²) in [7, 11) is 0. The minimum atomic E-state index is -0.440. The van der Waals surface area contributed by atoms with Crippen molar-refractivity contribution in [1.29, 1.82) is 5.41 Å². The van der Waals surface area contributed by atoms with Gasteiger partial charge in [-0.05, 0) is 71.7 Å². The Morgan fingerprint density at radius 2 is 1.64 bits per heavy atom. The molecule has 1 aromatic rings. The standard InChI is InChI=1S/C25H40N4O4/c1-18(2)23(31)29-16-7-15-28-21(30)12-13-24(3,4)32-17-14-25(5,6)33-20-10-8-19(9-11-20)22(26)27/h8-11H,1,7,12-17H2,2-6H3,(H3,26,27)(H,28,30)(H,29,31). The summed E-state index contributed by atoms with van der Waals surface area (Å²) in [5, 5.41) is 13.1. The van der Waals surface area contributed by atoms with Crippen LogP contribution in [0.4, 0.5) is 0 Å². The van der Waals surface area contributed by atoms with E-state index in [9.17, 15) is 9.59 Å². The Morgan fingerprint density at radius 3 is 2.21 bits per heavy atom. The molecule has 0 saturated carbocycles. The number of hydrogen-bond donors (Lipinski definition) is 4. The first-order valence-electron chi connectivity index (χ1n) is 11.3. The quantitative estimate of drug-likeness (QED) is 0.138. The van der Waals surface area contributed by atoms with Crippen LogP contribution in [0.3, 0.4) is 0 Å². The number of rotatable bonds is 15. The molecule has 33 heavy (non-hydrogen) atoms. The van der Waals surface area contributed by atoms with E-state index in [0.717, 1.165) is 0 Å². The Hall–Kier alpha value is -2.87. The first-order valence-corrected chi connectivity index (χ1v) is 11.3. The molecule has 0 aliphatic heterocycles. The van der Waals surface area contributed by atoms with Gasteiger partial charge < -0.3 is 25.8 Å². The van der Waals surface area contributed by atoms with Gasteiger partial charge in [-0.1, -0.05) is 6.58 Å². The molecule has 2 amide bonds. The lowest BCUT2D eigenvalue weighted by molar-refractivity contribution is -0.123. The Bertz CT molecular complexity index is 816. The van der Waals surface area contributed by atoms with Crippen LogP contribution in [-0.4, -0.2) is 48.5 Å². The molecule has 0 aromatic heterocycles. The van der Waals surface area contributed by atoms with Crippen molar-refractivity contribution in [3.05, 3.63) is 42.0 Å². The summed E-state index contributed by atoms with van der Waals surface area (Å²) in [6, 6.07) is 7.12. The zero-order valence-corrected chi connectivity index (χ0v) is 20.7. The van der Waals surface area contributed by atoms with Crippen LogP contribution in [0.2, 0.25) is 0 Å². The van der Waals surface area contributed by atoms with Crippen LogP contribution in [0, 0.1) is 5.41 Å². The van der Waals surface area contributed by atoms with Crippen molar-refractivity contribution in [2.75, 3.05) is 19.7 Å². The highest BCUT2D eigenvalue weighted by Crippen LogP contribution is 2.23. The largest absolute Gasteiger partial charge is 0.488 e. The average Bonchev–Trinajstić information content (AvgIpc) is 2.71. The minimum Gasteiger partial charge on any atom is -0.488 e. The Kier molecular flexibility index (Phi) is 11.1. The van der Waals surface area contributed by atoms with E-state index in [1.165, 1.54) is 0 Å². The summed E-state index contributed by atoms with van der Waals surface area (Å²) in [5.74, 6) is 0.535. The summed E-state index contributed by atoms with van der Waals surface area (Å²) in [6.45, 7) is 14.7. The van der Waals surface area contributed by atoms with Crippen LogP contribution in [0.25, 0.3) is 0 Å². The number of nitrogen functional groups attached to an aromatic ring is 1. The van der Waals surface area contributed by atoms with Crippen molar-refractivity contribution < 1.29 is 19.1 Å². The first kappa shape index (κ1) is 28.2. The molecule has 0 fully saturated rings. The van der Waals surface area contributed by atoms with Gasteiger partial charge in [0.25, 0.3) is 0 Å². The Balaban J connectivity index is 2.28. The highest BCUT2D eigenvalue weighted by Gasteiger charge is 2.24. The molecule has 0 radical (unpaired) electrons. The topological polar surface area (TPSA) is 127 Å². The van der Waals surface area contributed by atoms with Gasteiger partial charge in [0.2, 0.25) is 11.8 Å². The number of amides is 2. The third kappa shape index (κ3) is 12.1. The van der Waals surface area contributed by atoms with Crippen LogP contribution in [0.15, 0.2) is 36.4 Å². The lowest BCUT2D eigenvalue weighted by Crippen LogP contribution is -2.34. The van der Waals surface area contributed by atoms with Gasteiger partial charge in [0.1, 0.15) is 17.2 Å². The fraction of sp³-hybridized carbons (Fsp3) is 0.560. The lowest BCUT2D eigenvalue weighted by atomic mass is 10.0. The molecule has 0 heterocycles. The summed E-state index contributed by atoms with van der Waals surface area (Å²) in [6.07, 6.45) is 2.30. The maximum atomic E-state index is 12.1. The van der Waals surface area contributed by atoms with E-state index in [0.29, 0.717) is 62.3 Å². The fourth-order valence-electron chi connectivity index (χ4n) is 2.89. The second-order valence-electron chi connectivity index (χ2n) is 9.40. The normalized spacial score (nSPS) is 11.5. The molecule has 0 bridgehead atoms. The molecular formula is C25H40N4O4.